The summed E-state index contributed by atoms with van der Waals surface area (Å²) in [7, 11) is 0. The van der Waals surface area contributed by atoms with Gasteiger partial charge in [0.1, 0.15) is 0 Å². The van der Waals surface area contributed by atoms with Gasteiger partial charge in [-0.05, 0) is 33.8 Å². The van der Waals surface area contributed by atoms with E-state index in [2.05, 4.69) is 5.32 Å². The second-order valence-corrected chi connectivity index (χ2v) is 5.43. The highest BCUT2D eigenvalue weighted by atomic mass is 16.3. The average molecular weight is 238 g/mol. The van der Waals surface area contributed by atoms with Gasteiger partial charge in [-0.2, -0.15) is 0 Å². The van der Waals surface area contributed by atoms with Crippen molar-refractivity contribution in [2.45, 2.75) is 45.9 Å². The van der Waals surface area contributed by atoms with Gasteiger partial charge in [0.25, 0.3) is 5.56 Å². The minimum atomic E-state index is -0.561. The molecule has 1 aromatic heterocycles. The number of β-amino-alcohol motifs (C(OH)–C–C–N with tert-alkyl or cyclic N) is 1. The molecule has 0 aliphatic rings. The van der Waals surface area contributed by atoms with Crippen LogP contribution in [0.4, 0.5) is 0 Å². The molecular weight excluding hydrogens is 216 g/mol. The summed E-state index contributed by atoms with van der Waals surface area (Å²) < 4.78 is 1.55. The van der Waals surface area contributed by atoms with E-state index in [0.29, 0.717) is 18.7 Å². The highest BCUT2D eigenvalue weighted by Crippen LogP contribution is 1.99. The Morgan fingerprint density at radius 3 is 2.71 bits per heavy atom. The molecule has 0 fully saturated rings. The topological polar surface area (TPSA) is 54.3 Å². The molecule has 0 spiro atoms. The van der Waals surface area contributed by atoms with Crippen molar-refractivity contribution in [3.05, 3.63) is 34.2 Å². The third kappa shape index (κ3) is 4.71. The SMILES string of the molecule is Cc1cccn(CC(O)CNC(C)(C)C)c1=O. The number of pyridine rings is 1. The standard InChI is InChI=1S/C13H22N2O2/c1-10-6-5-7-15(12(10)17)9-11(16)8-14-13(2,3)4/h5-7,11,14,16H,8-9H2,1-4H3. The third-order valence-electron chi connectivity index (χ3n) is 2.49. The van der Waals surface area contributed by atoms with Crippen molar-refractivity contribution in [3.63, 3.8) is 0 Å². The fraction of sp³-hybridized carbons (Fsp3) is 0.615. The maximum Gasteiger partial charge on any atom is 0.253 e. The lowest BCUT2D eigenvalue weighted by Crippen LogP contribution is -2.42. The lowest BCUT2D eigenvalue weighted by atomic mass is 10.1. The van der Waals surface area contributed by atoms with Gasteiger partial charge in [-0.25, -0.2) is 0 Å². The molecule has 0 bridgehead atoms. The molecule has 0 aromatic carbocycles. The van der Waals surface area contributed by atoms with Gasteiger partial charge in [0.2, 0.25) is 0 Å². The van der Waals surface area contributed by atoms with Gasteiger partial charge in [0.15, 0.2) is 0 Å². The molecule has 1 heterocycles. The summed E-state index contributed by atoms with van der Waals surface area (Å²) in [6.07, 6.45) is 1.14. The molecule has 1 aromatic rings. The van der Waals surface area contributed by atoms with Gasteiger partial charge >= 0.3 is 0 Å². The predicted molar refractivity (Wildman–Crippen MR) is 69.2 cm³/mol. The maximum atomic E-state index is 11.7. The van der Waals surface area contributed by atoms with Crippen LogP contribution >= 0.6 is 0 Å². The first-order valence-electron chi connectivity index (χ1n) is 5.89. The van der Waals surface area contributed by atoms with Crippen molar-refractivity contribution >= 4 is 0 Å². The third-order valence-corrected chi connectivity index (χ3v) is 2.49. The van der Waals surface area contributed by atoms with Crippen molar-refractivity contribution in [2.75, 3.05) is 6.54 Å². The van der Waals surface area contributed by atoms with Crippen molar-refractivity contribution in [3.8, 4) is 0 Å². The molecule has 0 aliphatic heterocycles. The summed E-state index contributed by atoms with van der Waals surface area (Å²) in [5, 5.41) is 13.1. The zero-order valence-electron chi connectivity index (χ0n) is 11.0. The van der Waals surface area contributed by atoms with E-state index in [4.69, 9.17) is 0 Å². The Morgan fingerprint density at radius 1 is 1.47 bits per heavy atom. The van der Waals surface area contributed by atoms with Crippen LogP contribution in [0.25, 0.3) is 0 Å². The number of aryl methyl sites for hydroxylation is 1. The zero-order chi connectivity index (χ0) is 13.1. The molecule has 2 N–H and O–H groups in total. The van der Waals surface area contributed by atoms with Crippen LogP contribution < -0.4 is 10.9 Å². The first-order chi connectivity index (χ1) is 7.79. The maximum absolute atomic E-state index is 11.7. The Hall–Kier alpha value is -1.13. The molecule has 0 radical (unpaired) electrons. The van der Waals surface area contributed by atoms with Gasteiger partial charge in [0, 0.05) is 23.8 Å². The van der Waals surface area contributed by atoms with Crippen LogP contribution in [0, 0.1) is 6.92 Å². The van der Waals surface area contributed by atoms with E-state index in [-0.39, 0.29) is 11.1 Å². The molecular formula is C13H22N2O2. The number of aromatic nitrogens is 1. The lowest BCUT2D eigenvalue weighted by Gasteiger charge is -2.23. The van der Waals surface area contributed by atoms with Crippen molar-refractivity contribution in [2.24, 2.45) is 0 Å². The first kappa shape index (κ1) is 13.9. The van der Waals surface area contributed by atoms with Crippen LogP contribution in [-0.4, -0.2) is 27.9 Å². The van der Waals surface area contributed by atoms with Crippen LogP contribution in [0.2, 0.25) is 0 Å². The average Bonchev–Trinajstić information content (AvgIpc) is 2.21. The fourth-order valence-electron chi connectivity index (χ4n) is 1.52. The van der Waals surface area contributed by atoms with Crippen molar-refractivity contribution in [1.29, 1.82) is 0 Å². The molecule has 0 aliphatic carbocycles. The normalized spacial score (nSPS) is 13.7. The summed E-state index contributed by atoms with van der Waals surface area (Å²) >= 11 is 0. The van der Waals surface area contributed by atoms with E-state index < -0.39 is 6.10 Å². The molecule has 1 atom stereocenters. The summed E-state index contributed by atoms with van der Waals surface area (Å²) in [4.78, 5) is 11.7. The number of aliphatic hydroxyl groups is 1. The molecule has 4 nitrogen and oxygen atoms in total. The summed E-state index contributed by atoms with van der Waals surface area (Å²) in [5.74, 6) is 0. The Labute approximate surface area is 102 Å². The van der Waals surface area contributed by atoms with Crippen molar-refractivity contribution < 1.29 is 5.11 Å². The number of aliphatic hydroxyl groups excluding tert-OH is 1. The fourth-order valence-corrected chi connectivity index (χ4v) is 1.52. The van der Waals surface area contributed by atoms with Gasteiger partial charge in [-0.1, -0.05) is 6.07 Å². The number of nitrogens with zero attached hydrogens (tertiary/aromatic N) is 1. The minimum absolute atomic E-state index is 0.0292. The van der Waals surface area contributed by atoms with Crippen LogP contribution in [0.3, 0.4) is 0 Å². The number of hydrogen-bond acceptors (Lipinski definition) is 3. The quantitative estimate of drug-likeness (QED) is 0.819. The smallest absolute Gasteiger partial charge is 0.253 e. The van der Waals surface area contributed by atoms with Gasteiger partial charge in [0.05, 0.1) is 12.6 Å². The second-order valence-electron chi connectivity index (χ2n) is 5.43. The van der Waals surface area contributed by atoms with E-state index in [0.717, 1.165) is 0 Å². The van der Waals surface area contributed by atoms with Crippen LogP contribution in [0.1, 0.15) is 26.3 Å². The van der Waals surface area contributed by atoms with E-state index in [9.17, 15) is 9.90 Å². The number of nitrogens with one attached hydrogen (secondary N) is 1. The summed E-state index contributed by atoms with van der Waals surface area (Å²) in [6, 6.07) is 3.60. The molecule has 96 valence electrons. The molecule has 4 heteroatoms. The van der Waals surface area contributed by atoms with E-state index in [1.54, 1.807) is 23.8 Å². The first-order valence-corrected chi connectivity index (χ1v) is 5.89. The summed E-state index contributed by atoms with van der Waals surface area (Å²) in [6.45, 7) is 8.70. The van der Waals surface area contributed by atoms with Gasteiger partial charge in [-0.15, -0.1) is 0 Å². The van der Waals surface area contributed by atoms with Crippen LogP contribution in [-0.2, 0) is 6.54 Å². The molecule has 1 unspecified atom stereocenters. The Morgan fingerprint density at radius 2 is 2.12 bits per heavy atom. The lowest BCUT2D eigenvalue weighted by molar-refractivity contribution is 0.140. The minimum Gasteiger partial charge on any atom is -0.390 e. The Bertz CT molecular complexity index is 418. The molecule has 0 saturated heterocycles. The Balaban J connectivity index is 2.60. The molecule has 17 heavy (non-hydrogen) atoms. The molecule has 0 amide bonds. The largest absolute Gasteiger partial charge is 0.390 e. The number of rotatable bonds is 4. The van der Waals surface area contributed by atoms with Crippen LogP contribution in [0.5, 0.6) is 0 Å². The van der Waals surface area contributed by atoms with E-state index in [1.165, 1.54) is 0 Å². The molecule has 0 saturated carbocycles. The number of hydrogen-bond donors (Lipinski definition) is 2. The van der Waals surface area contributed by atoms with Crippen molar-refractivity contribution in [1.82, 2.24) is 9.88 Å². The van der Waals surface area contributed by atoms with Gasteiger partial charge in [-0.3, -0.25) is 4.79 Å². The monoisotopic (exact) mass is 238 g/mol. The van der Waals surface area contributed by atoms with E-state index in [1.807, 2.05) is 26.8 Å². The highest BCUT2D eigenvalue weighted by Gasteiger charge is 2.13. The van der Waals surface area contributed by atoms with Crippen LogP contribution in [0.15, 0.2) is 23.1 Å². The van der Waals surface area contributed by atoms with Gasteiger partial charge < -0.3 is 15.0 Å². The molecule has 1 rings (SSSR count). The zero-order valence-corrected chi connectivity index (χ0v) is 11.0. The predicted octanol–water partition coefficient (Wildman–Crippen LogP) is 0.906. The Kier molecular flexibility index (Phi) is 4.48. The summed E-state index contributed by atoms with van der Waals surface area (Å²) in [5.41, 5.74) is 0.629. The second kappa shape index (κ2) is 5.47. The van der Waals surface area contributed by atoms with E-state index >= 15 is 0 Å². The highest BCUT2D eigenvalue weighted by molar-refractivity contribution is 5.07.